The topological polar surface area (TPSA) is 38.1 Å². The van der Waals surface area contributed by atoms with Gasteiger partial charge in [-0.2, -0.15) is 5.10 Å². The number of aliphatic hydroxyl groups is 1. The Bertz CT molecular complexity index is 340. The summed E-state index contributed by atoms with van der Waals surface area (Å²) < 4.78 is 1.79. The molecule has 0 saturated heterocycles. The highest BCUT2D eigenvalue weighted by atomic mass is 16.3. The minimum Gasteiger partial charge on any atom is -0.387 e. The molecule has 0 bridgehead atoms. The van der Waals surface area contributed by atoms with Crippen LogP contribution in [0.5, 0.6) is 0 Å². The fourth-order valence-corrected chi connectivity index (χ4v) is 3.12. The molecule has 1 unspecified atom stereocenters. The fraction of sp³-hybridized carbons (Fsp3) is 0.786. The number of aryl methyl sites for hydroxylation is 1. The van der Waals surface area contributed by atoms with E-state index in [1.807, 2.05) is 13.1 Å². The van der Waals surface area contributed by atoms with Crippen LogP contribution in [0.3, 0.4) is 0 Å². The van der Waals surface area contributed by atoms with E-state index in [0.717, 1.165) is 24.5 Å². The van der Waals surface area contributed by atoms with Gasteiger partial charge in [0.15, 0.2) is 0 Å². The quantitative estimate of drug-likeness (QED) is 0.872. The summed E-state index contributed by atoms with van der Waals surface area (Å²) in [4.78, 5) is 0. The van der Waals surface area contributed by atoms with E-state index in [9.17, 15) is 5.11 Å². The molecule has 1 fully saturated rings. The molecule has 0 aromatic carbocycles. The Kier molecular flexibility index (Phi) is 4.21. The van der Waals surface area contributed by atoms with Gasteiger partial charge < -0.3 is 5.11 Å². The van der Waals surface area contributed by atoms with E-state index < -0.39 is 0 Å². The zero-order chi connectivity index (χ0) is 12.3. The van der Waals surface area contributed by atoms with Crippen molar-refractivity contribution < 1.29 is 5.11 Å². The molecule has 0 aliphatic heterocycles. The summed E-state index contributed by atoms with van der Waals surface area (Å²) >= 11 is 0. The van der Waals surface area contributed by atoms with Crippen LogP contribution in [0.15, 0.2) is 12.3 Å². The Morgan fingerprint density at radius 3 is 2.65 bits per heavy atom. The van der Waals surface area contributed by atoms with Crippen molar-refractivity contribution in [3.05, 3.63) is 18.0 Å². The number of hydrogen-bond acceptors (Lipinski definition) is 2. The van der Waals surface area contributed by atoms with Gasteiger partial charge in [0, 0.05) is 13.2 Å². The summed E-state index contributed by atoms with van der Waals surface area (Å²) in [5.41, 5.74) is 0.962. The summed E-state index contributed by atoms with van der Waals surface area (Å²) in [7, 11) is 1.90. The molecule has 1 heterocycles. The van der Waals surface area contributed by atoms with Crippen molar-refractivity contribution in [2.75, 3.05) is 0 Å². The highest BCUT2D eigenvalue weighted by molar-refractivity contribution is 5.05. The second kappa shape index (κ2) is 5.67. The van der Waals surface area contributed by atoms with Crippen LogP contribution in [0, 0.1) is 11.8 Å². The molecule has 1 aromatic heterocycles. The maximum atomic E-state index is 10.4. The van der Waals surface area contributed by atoms with Crippen LogP contribution in [0.4, 0.5) is 0 Å². The van der Waals surface area contributed by atoms with Crippen molar-refractivity contribution in [2.45, 2.75) is 51.6 Å². The van der Waals surface area contributed by atoms with Crippen LogP contribution < -0.4 is 0 Å². The second-order valence-electron chi connectivity index (χ2n) is 5.39. The zero-order valence-electron chi connectivity index (χ0n) is 11.0. The lowest BCUT2D eigenvalue weighted by Crippen LogP contribution is -2.22. The van der Waals surface area contributed by atoms with Crippen LogP contribution in [-0.2, 0) is 7.05 Å². The molecule has 0 spiro atoms. The Hall–Kier alpha value is -0.830. The van der Waals surface area contributed by atoms with Crippen LogP contribution >= 0.6 is 0 Å². The highest BCUT2D eigenvalue weighted by Crippen LogP contribution is 2.38. The van der Waals surface area contributed by atoms with Gasteiger partial charge in [-0.3, -0.25) is 4.68 Å². The maximum Gasteiger partial charge on any atom is 0.0984 e. The van der Waals surface area contributed by atoms with Crippen LogP contribution in [0.1, 0.15) is 57.2 Å². The molecule has 3 heteroatoms. The Morgan fingerprint density at radius 2 is 2.12 bits per heavy atom. The lowest BCUT2D eigenvalue weighted by molar-refractivity contribution is 0.0658. The first-order chi connectivity index (χ1) is 8.22. The standard InChI is InChI=1S/C14H24N2O/c1-3-4-11-5-7-12(8-6-11)14(17)13-9-10-15-16(13)2/h9-12,14,17H,3-8H2,1-2H3. The first kappa shape index (κ1) is 12.6. The molecule has 17 heavy (non-hydrogen) atoms. The molecular formula is C14H24N2O. The largest absolute Gasteiger partial charge is 0.387 e. The molecule has 0 amide bonds. The number of aromatic nitrogens is 2. The highest BCUT2D eigenvalue weighted by Gasteiger charge is 2.28. The monoisotopic (exact) mass is 236 g/mol. The van der Waals surface area contributed by atoms with Gasteiger partial charge in [-0.1, -0.05) is 32.6 Å². The Balaban J connectivity index is 1.90. The zero-order valence-corrected chi connectivity index (χ0v) is 11.0. The van der Waals surface area contributed by atoms with E-state index in [2.05, 4.69) is 12.0 Å². The lowest BCUT2D eigenvalue weighted by atomic mass is 9.77. The van der Waals surface area contributed by atoms with Gasteiger partial charge in [0.2, 0.25) is 0 Å². The molecule has 2 rings (SSSR count). The van der Waals surface area contributed by atoms with Crippen LogP contribution in [0.2, 0.25) is 0 Å². The fourth-order valence-electron chi connectivity index (χ4n) is 3.12. The summed E-state index contributed by atoms with van der Waals surface area (Å²) in [5, 5.41) is 14.5. The van der Waals surface area contributed by atoms with Crippen molar-refractivity contribution in [3.63, 3.8) is 0 Å². The smallest absolute Gasteiger partial charge is 0.0984 e. The average Bonchev–Trinajstić information content (AvgIpc) is 2.76. The molecule has 1 aliphatic rings. The average molecular weight is 236 g/mol. The molecule has 1 atom stereocenters. The SMILES string of the molecule is CCCC1CCC(C(O)c2ccnn2C)CC1. The van der Waals surface area contributed by atoms with Gasteiger partial charge >= 0.3 is 0 Å². The van der Waals surface area contributed by atoms with E-state index in [4.69, 9.17) is 0 Å². The van der Waals surface area contributed by atoms with Crippen LogP contribution in [0.25, 0.3) is 0 Å². The second-order valence-corrected chi connectivity index (χ2v) is 5.39. The summed E-state index contributed by atoms with van der Waals surface area (Å²) in [6.07, 6.45) is 8.98. The van der Waals surface area contributed by atoms with Crippen LogP contribution in [-0.4, -0.2) is 14.9 Å². The number of rotatable bonds is 4. The minimum atomic E-state index is -0.329. The van der Waals surface area contributed by atoms with Crippen molar-refractivity contribution >= 4 is 0 Å². The van der Waals surface area contributed by atoms with E-state index in [1.165, 1.54) is 25.7 Å². The predicted octanol–water partition coefficient (Wildman–Crippen LogP) is 3.06. The molecule has 96 valence electrons. The van der Waals surface area contributed by atoms with Gasteiger partial charge in [-0.15, -0.1) is 0 Å². The van der Waals surface area contributed by atoms with Crippen molar-refractivity contribution in [3.8, 4) is 0 Å². The minimum absolute atomic E-state index is 0.329. The first-order valence-corrected chi connectivity index (χ1v) is 6.88. The van der Waals surface area contributed by atoms with E-state index in [1.54, 1.807) is 10.9 Å². The van der Waals surface area contributed by atoms with E-state index in [-0.39, 0.29) is 6.10 Å². The predicted molar refractivity (Wildman–Crippen MR) is 68.5 cm³/mol. The van der Waals surface area contributed by atoms with Gasteiger partial charge in [0.25, 0.3) is 0 Å². The third-order valence-electron chi connectivity index (χ3n) is 4.20. The number of nitrogens with zero attached hydrogens (tertiary/aromatic N) is 2. The molecule has 1 aromatic rings. The Morgan fingerprint density at radius 1 is 1.41 bits per heavy atom. The molecule has 3 nitrogen and oxygen atoms in total. The normalized spacial score (nSPS) is 27.0. The van der Waals surface area contributed by atoms with Gasteiger partial charge in [-0.25, -0.2) is 0 Å². The summed E-state index contributed by atoms with van der Waals surface area (Å²) in [6.45, 7) is 2.26. The first-order valence-electron chi connectivity index (χ1n) is 6.88. The summed E-state index contributed by atoms with van der Waals surface area (Å²) in [5.74, 6) is 1.33. The molecule has 1 N–H and O–H groups in total. The lowest BCUT2D eigenvalue weighted by Gasteiger charge is -2.31. The summed E-state index contributed by atoms with van der Waals surface area (Å²) in [6, 6.07) is 1.93. The third-order valence-corrected chi connectivity index (χ3v) is 4.20. The Labute approximate surface area is 104 Å². The molecule has 1 aliphatic carbocycles. The van der Waals surface area contributed by atoms with E-state index >= 15 is 0 Å². The third kappa shape index (κ3) is 2.89. The molecule has 0 radical (unpaired) electrons. The number of aliphatic hydroxyl groups excluding tert-OH is 1. The van der Waals surface area contributed by atoms with E-state index in [0.29, 0.717) is 5.92 Å². The van der Waals surface area contributed by atoms with Gasteiger partial charge in [0.1, 0.15) is 0 Å². The van der Waals surface area contributed by atoms with Gasteiger partial charge in [0.05, 0.1) is 11.8 Å². The van der Waals surface area contributed by atoms with Gasteiger partial charge in [-0.05, 0) is 30.7 Å². The molecular weight excluding hydrogens is 212 g/mol. The van der Waals surface area contributed by atoms with Crippen molar-refractivity contribution in [1.82, 2.24) is 9.78 Å². The van der Waals surface area contributed by atoms with Crippen molar-refractivity contribution in [2.24, 2.45) is 18.9 Å². The molecule has 1 saturated carbocycles. The van der Waals surface area contributed by atoms with Crippen molar-refractivity contribution in [1.29, 1.82) is 0 Å². The maximum absolute atomic E-state index is 10.4. The number of hydrogen-bond donors (Lipinski definition) is 1.